The van der Waals surface area contributed by atoms with Crippen LogP contribution >= 0.6 is 0 Å². The smallest absolute Gasteiger partial charge is 0.369 e. The number of nitrogens with zero attached hydrogens (tertiary/aromatic N) is 3. The second kappa shape index (κ2) is 7.96. The molecule has 1 aromatic rings. The molecule has 2 fully saturated rings. The van der Waals surface area contributed by atoms with Gasteiger partial charge in [0.25, 0.3) is 0 Å². The molecule has 0 bridgehead atoms. The molecule has 0 aromatic heterocycles. The summed E-state index contributed by atoms with van der Waals surface area (Å²) in [6, 6.07) is 6.32. The van der Waals surface area contributed by atoms with Crippen LogP contribution in [0.15, 0.2) is 24.3 Å². The van der Waals surface area contributed by atoms with E-state index in [0.717, 1.165) is 38.8 Å². The molecule has 140 valence electrons. The lowest BCUT2D eigenvalue weighted by atomic mass is 10.0. The van der Waals surface area contributed by atoms with Gasteiger partial charge in [-0.2, -0.15) is 13.2 Å². The number of piperazine rings is 1. The number of benzene rings is 1. The lowest BCUT2D eigenvalue weighted by molar-refractivity contribution is -0.137. The van der Waals surface area contributed by atoms with Crippen LogP contribution in [-0.2, 0) is 6.18 Å². The van der Waals surface area contributed by atoms with Gasteiger partial charge in [-0.3, -0.25) is 4.90 Å². The summed E-state index contributed by atoms with van der Waals surface area (Å²) in [5, 5.41) is 0. The molecule has 2 heterocycles. The molecule has 1 unspecified atom stereocenters. The van der Waals surface area contributed by atoms with Crippen molar-refractivity contribution in [3.8, 4) is 0 Å². The maximum Gasteiger partial charge on any atom is 0.416 e. The van der Waals surface area contributed by atoms with Gasteiger partial charge in [0, 0.05) is 44.5 Å². The van der Waals surface area contributed by atoms with Crippen LogP contribution in [0.25, 0.3) is 0 Å². The number of hydrogen-bond donors (Lipinski definition) is 0. The van der Waals surface area contributed by atoms with Gasteiger partial charge in [-0.15, -0.1) is 0 Å². The average molecular weight is 355 g/mol. The molecule has 0 N–H and O–H groups in total. The summed E-state index contributed by atoms with van der Waals surface area (Å²) in [6.45, 7) is 9.18. The number of piperidine rings is 1. The molecule has 2 aliphatic heterocycles. The number of alkyl halides is 3. The minimum atomic E-state index is -4.28. The van der Waals surface area contributed by atoms with E-state index in [-0.39, 0.29) is 0 Å². The predicted molar refractivity (Wildman–Crippen MR) is 95.0 cm³/mol. The molecule has 3 nitrogen and oxygen atoms in total. The van der Waals surface area contributed by atoms with Crippen LogP contribution in [0, 0.1) is 0 Å². The first-order chi connectivity index (χ1) is 12.0. The fraction of sp³-hybridized carbons (Fsp3) is 0.684. The normalized spacial score (nSPS) is 23.8. The molecule has 0 saturated carbocycles. The first kappa shape index (κ1) is 18.5. The zero-order valence-corrected chi connectivity index (χ0v) is 14.9. The fourth-order valence-electron chi connectivity index (χ4n) is 4.07. The van der Waals surface area contributed by atoms with E-state index >= 15 is 0 Å². The molecule has 2 saturated heterocycles. The summed E-state index contributed by atoms with van der Waals surface area (Å²) >= 11 is 0. The highest BCUT2D eigenvalue weighted by molar-refractivity contribution is 5.49. The third-order valence-corrected chi connectivity index (χ3v) is 5.39. The second-order valence-corrected chi connectivity index (χ2v) is 7.17. The van der Waals surface area contributed by atoms with Gasteiger partial charge in [-0.1, -0.05) is 13.0 Å². The summed E-state index contributed by atoms with van der Waals surface area (Å²) in [6.07, 6.45) is -0.596. The Bertz CT molecular complexity index is 551. The molecule has 2 aliphatic rings. The Hall–Kier alpha value is -1.27. The maximum absolute atomic E-state index is 12.9. The molecular formula is C19H28F3N3. The topological polar surface area (TPSA) is 9.72 Å². The first-order valence-electron chi connectivity index (χ1n) is 9.36. The Balaban J connectivity index is 1.57. The van der Waals surface area contributed by atoms with Crippen molar-refractivity contribution < 1.29 is 13.2 Å². The predicted octanol–water partition coefficient (Wildman–Crippen LogP) is 3.70. The molecule has 0 spiro atoms. The van der Waals surface area contributed by atoms with Crippen molar-refractivity contribution in [3.05, 3.63) is 29.8 Å². The van der Waals surface area contributed by atoms with Crippen LogP contribution in [0.5, 0.6) is 0 Å². The van der Waals surface area contributed by atoms with Crippen molar-refractivity contribution in [1.82, 2.24) is 9.80 Å². The van der Waals surface area contributed by atoms with Crippen LogP contribution in [0.3, 0.4) is 0 Å². The van der Waals surface area contributed by atoms with Gasteiger partial charge in [0.1, 0.15) is 0 Å². The van der Waals surface area contributed by atoms with Crippen molar-refractivity contribution in [3.63, 3.8) is 0 Å². The Morgan fingerprint density at radius 3 is 2.52 bits per heavy atom. The van der Waals surface area contributed by atoms with Crippen molar-refractivity contribution in [1.29, 1.82) is 0 Å². The van der Waals surface area contributed by atoms with Crippen LogP contribution in [0.4, 0.5) is 18.9 Å². The highest BCUT2D eigenvalue weighted by atomic mass is 19.4. The number of hydrogen-bond acceptors (Lipinski definition) is 3. The molecule has 25 heavy (non-hydrogen) atoms. The molecule has 0 amide bonds. The second-order valence-electron chi connectivity index (χ2n) is 7.17. The van der Waals surface area contributed by atoms with E-state index in [9.17, 15) is 13.2 Å². The van der Waals surface area contributed by atoms with Crippen molar-refractivity contribution in [2.45, 2.75) is 38.4 Å². The molecule has 1 atom stereocenters. The standard InChI is InChI=1S/C19H28F3N3/c1-2-8-23-9-4-7-18(15-23)25-12-10-24(11-13-25)17-6-3-5-16(14-17)19(20,21)22/h3,5-6,14,18H,2,4,7-13,15H2,1H3. The number of halogens is 3. The van der Waals surface area contributed by atoms with Crippen LogP contribution in [0.2, 0.25) is 0 Å². The van der Waals surface area contributed by atoms with Gasteiger partial charge in [-0.05, 0) is 50.6 Å². The minimum Gasteiger partial charge on any atom is -0.369 e. The van der Waals surface area contributed by atoms with Gasteiger partial charge >= 0.3 is 6.18 Å². The van der Waals surface area contributed by atoms with Gasteiger partial charge in [0.15, 0.2) is 0 Å². The third kappa shape index (κ3) is 4.67. The van der Waals surface area contributed by atoms with Crippen LogP contribution in [-0.4, -0.2) is 61.7 Å². The lowest BCUT2D eigenvalue weighted by Crippen LogP contribution is -2.55. The molecule has 0 aliphatic carbocycles. The molecule has 1 aromatic carbocycles. The molecule has 3 rings (SSSR count). The van der Waals surface area contributed by atoms with Gasteiger partial charge in [0.05, 0.1) is 5.56 Å². The largest absolute Gasteiger partial charge is 0.416 e. The van der Waals surface area contributed by atoms with Gasteiger partial charge in [0.2, 0.25) is 0 Å². The van der Waals surface area contributed by atoms with E-state index in [4.69, 9.17) is 0 Å². The maximum atomic E-state index is 12.9. The van der Waals surface area contributed by atoms with Crippen molar-refractivity contribution in [2.24, 2.45) is 0 Å². The summed E-state index contributed by atoms with van der Waals surface area (Å²) < 4.78 is 38.7. The number of anilines is 1. The lowest BCUT2D eigenvalue weighted by Gasteiger charge is -2.44. The van der Waals surface area contributed by atoms with E-state index in [1.165, 1.54) is 44.5 Å². The quantitative estimate of drug-likeness (QED) is 0.815. The Labute approximate surface area is 148 Å². The zero-order chi connectivity index (χ0) is 17.9. The Morgan fingerprint density at radius 1 is 1.08 bits per heavy atom. The molecular weight excluding hydrogens is 327 g/mol. The van der Waals surface area contributed by atoms with Crippen molar-refractivity contribution >= 4 is 5.69 Å². The number of likely N-dealkylation sites (tertiary alicyclic amines) is 1. The van der Waals surface area contributed by atoms with Crippen molar-refractivity contribution in [2.75, 3.05) is 50.7 Å². The summed E-state index contributed by atoms with van der Waals surface area (Å²) in [4.78, 5) is 7.16. The SMILES string of the molecule is CCCN1CCCC(N2CCN(c3cccc(C(F)(F)F)c3)CC2)C1. The molecule has 6 heteroatoms. The fourth-order valence-corrected chi connectivity index (χ4v) is 4.07. The van der Waals surface area contributed by atoms with E-state index < -0.39 is 11.7 Å². The zero-order valence-electron chi connectivity index (χ0n) is 14.9. The summed E-state index contributed by atoms with van der Waals surface area (Å²) in [5.41, 5.74) is 0.126. The van der Waals surface area contributed by atoms with Gasteiger partial charge < -0.3 is 9.80 Å². The van der Waals surface area contributed by atoms with E-state index in [1.54, 1.807) is 6.07 Å². The third-order valence-electron chi connectivity index (χ3n) is 5.39. The Kier molecular flexibility index (Phi) is 5.89. The average Bonchev–Trinajstić information content (AvgIpc) is 2.62. The van der Waals surface area contributed by atoms with Crippen LogP contribution in [0.1, 0.15) is 31.7 Å². The minimum absolute atomic E-state index is 0.560. The highest BCUT2D eigenvalue weighted by Gasteiger charge is 2.32. The van der Waals surface area contributed by atoms with E-state index in [2.05, 4.69) is 21.6 Å². The first-order valence-corrected chi connectivity index (χ1v) is 9.36. The summed E-state index contributed by atoms with van der Waals surface area (Å²) in [5.74, 6) is 0. The van der Waals surface area contributed by atoms with Crippen LogP contribution < -0.4 is 4.90 Å². The Morgan fingerprint density at radius 2 is 1.84 bits per heavy atom. The number of rotatable bonds is 4. The van der Waals surface area contributed by atoms with E-state index in [1.807, 2.05) is 0 Å². The summed E-state index contributed by atoms with van der Waals surface area (Å²) in [7, 11) is 0. The highest BCUT2D eigenvalue weighted by Crippen LogP contribution is 2.32. The molecule has 0 radical (unpaired) electrons. The van der Waals surface area contributed by atoms with Gasteiger partial charge in [-0.25, -0.2) is 0 Å². The monoisotopic (exact) mass is 355 g/mol. The van der Waals surface area contributed by atoms with E-state index in [0.29, 0.717) is 11.7 Å².